The highest BCUT2D eigenvalue weighted by molar-refractivity contribution is 5.95. The van der Waals surface area contributed by atoms with E-state index in [2.05, 4.69) is 66.1 Å². The largest absolute Gasteiger partial charge is 0.356 e. The average Bonchev–Trinajstić information content (AvgIpc) is 2.71. The van der Waals surface area contributed by atoms with E-state index in [0.717, 1.165) is 42.5 Å². The Kier molecular flexibility index (Phi) is 5.49. The first kappa shape index (κ1) is 18.8. The fourth-order valence-corrected chi connectivity index (χ4v) is 4.61. The fourth-order valence-electron chi connectivity index (χ4n) is 4.61. The number of hydrogen-bond acceptors (Lipinski definition) is 3. The Hall–Kier alpha value is -2.59. The molecule has 0 aromatic heterocycles. The summed E-state index contributed by atoms with van der Waals surface area (Å²) in [6.07, 6.45) is 3.85. The van der Waals surface area contributed by atoms with Crippen LogP contribution < -0.4 is 10.6 Å². The number of hydrogen-bond donors (Lipinski definition) is 3. The SMILES string of the molecule is Cc1cccc(CC2=C(C3CCC(c4ccccc4)CC3)NC(O)NC2=O)c1. The van der Waals surface area contributed by atoms with Crippen molar-refractivity contribution in [1.29, 1.82) is 0 Å². The summed E-state index contributed by atoms with van der Waals surface area (Å²) in [5.74, 6) is 0.717. The number of aryl methyl sites for hydroxylation is 1. The molecule has 1 fully saturated rings. The highest BCUT2D eigenvalue weighted by atomic mass is 16.3. The van der Waals surface area contributed by atoms with Crippen LogP contribution in [0.5, 0.6) is 0 Å². The molecule has 4 rings (SSSR count). The minimum absolute atomic E-state index is 0.159. The Balaban J connectivity index is 1.55. The molecule has 4 nitrogen and oxygen atoms in total. The van der Waals surface area contributed by atoms with Crippen molar-refractivity contribution in [1.82, 2.24) is 10.6 Å². The number of amides is 1. The van der Waals surface area contributed by atoms with Gasteiger partial charge in [-0.25, -0.2) is 0 Å². The van der Waals surface area contributed by atoms with Gasteiger partial charge in [0.25, 0.3) is 5.91 Å². The molecule has 1 atom stereocenters. The van der Waals surface area contributed by atoms with Crippen LogP contribution in [0.3, 0.4) is 0 Å². The molecule has 0 bridgehead atoms. The zero-order valence-corrected chi connectivity index (χ0v) is 16.3. The van der Waals surface area contributed by atoms with E-state index >= 15 is 0 Å². The van der Waals surface area contributed by atoms with Crippen molar-refractivity contribution in [2.24, 2.45) is 5.92 Å². The molecule has 1 aliphatic carbocycles. The molecular formula is C24H28N2O2. The van der Waals surface area contributed by atoms with Gasteiger partial charge >= 0.3 is 0 Å². The third-order valence-corrected chi connectivity index (χ3v) is 6.03. The lowest BCUT2D eigenvalue weighted by molar-refractivity contribution is -0.122. The Morgan fingerprint density at radius 1 is 0.929 bits per heavy atom. The van der Waals surface area contributed by atoms with Crippen molar-refractivity contribution in [3.05, 3.63) is 82.6 Å². The number of nitrogens with one attached hydrogen (secondary N) is 2. The zero-order chi connectivity index (χ0) is 19.5. The van der Waals surface area contributed by atoms with Crippen molar-refractivity contribution in [3.8, 4) is 0 Å². The van der Waals surface area contributed by atoms with E-state index < -0.39 is 6.35 Å². The molecule has 0 saturated heterocycles. The van der Waals surface area contributed by atoms with Gasteiger partial charge in [-0.1, -0.05) is 60.2 Å². The Morgan fingerprint density at radius 2 is 1.64 bits per heavy atom. The minimum atomic E-state index is -1.00. The van der Waals surface area contributed by atoms with Gasteiger partial charge in [-0.3, -0.25) is 4.79 Å². The van der Waals surface area contributed by atoms with E-state index in [9.17, 15) is 9.90 Å². The molecule has 1 unspecified atom stereocenters. The highest BCUT2D eigenvalue weighted by Crippen LogP contribution is 2.39. The quantitative estimate of drug-likeness (QED) is 0.761. The van der Waals surface area contributed by atoms with Crippen LogP contribution in [0.1, 0.15) is 48.3 Å². The summed E-state index contributed by atoms with van der Waals surface area (Å²) in [7, 11) is 0. The molecule has 2 aromatic carbocycles. The van der Waals surface area contributed by atoms with E-state index in [-0.39, 0.29) is 5.91 Å². The predicted molar refractivity (Wildman–Crippen MR) is 110 cm³/mol. The standard InChI is InChI=1S/C24H28N2O2/c1-16-6-5-7-17(14-16)15-21-22(25-24(28)26-23(21)27)20-12-10-19(11-13-20)18-8-3-2-4-9-18/h2-9,14,19-20,24-25,28H,10-13,15H2,1H3,(H,26,27). The summed E-state index contributed by atoms with van der Waals surface area (Å²) in [6.45, 7) is 2.06. The smallest absolute Gasteiger partial charge is 0.252 e. The second-order valence-corrected chi connectivity index (χ2v) is 8.04. The first-order valence-electron chi connectivity index (χ1n) is 10.2. The second-order valence-electron chi connectivity index (χ2n) is 8.04. The second kappa shape index (κ2) is 8.19. The number of carbonyl (C=O) groups is 1. The van der Waals surface area contributed by atoms with Crippen LogP contribution in [-0.2, 0) is 11.2 Å². The van der Waals surface area contributed by atoms with Crippen molar-refractivity contribution in [3.63, 3.8) is 0 Å². The molecule has 1 amide bonds. The summed E-state index contributed by atoms with van der Waals surface area (Å²) in [4.78, 5) is 12.7. The van der Waals surface area contributed by atoms with Gasteiger partial charge in [0.05, 0.1) is 0 Å². The Morgan fingerprint density at radius 3 is 2.36 bits per heavy atom. The monoisotopic (exact) mass is 376 g/mol. The third-order valence-electron chi connectivity index (χ3n) is 6.03. The van der Waals surface area contributed by atoms with E-state index in [4.69, 9.17) is 0 Å². The van der Waals surface area contributed by atoms with Crippen molar-refractivity contribution in [2.75, 3.05) is 0 Å². The molecule has 146 valence electrons. The first-order valence-corrected chi connectivity index (χ1v) is 10.2. The lowest BCUT2D eigenvalue weighted by Gasteiger charge is -2.35. The van der Waals surface area contributed by atoms with Gasteiger partial charge in [0.1, 0.15) is 0 Å². The Bertz CT molecular complexity index is 867. The van der Waals surface area contributed by atoms with Crippen LogP contribution in [-0.4, -0.2) is 17.4 Å². The van der Waals surface area contributed by atoms with E-state index in [0.29, 0.717) is 18.3 Å². The lowest BCUT2D eigenvalue weighted by atomic mass is 9.76. The van der Waals surface area contributed by atoms with Crippen LogP contribution in [0.15, 0.2) is 65.9 Å². The van der Waals surface area contributed by atoms with Crippen LogP contribution in [0.4, 0.5) is 0 Å². The van der Waals surface area contributed by atoms with E-state index in [1.165, 1.54) is 11.1 Å². The summed E-state index contributed by atoms with van der Waals surface area (Å²) in [5.41, 5.74) is 5.42. The number of benzene rings is 2. The summed E-state index contributed by atoms with van der Waals surface area (Å²) in [6, 6.07) is 19.0. The highest BCUT2D eigenvalue weighted by Gasteiger charge is 2.32. The van der Waals surface area contributed by atoms with Gasteiger partial charge in [0.2, 0.25) is 6.35 Å². The maximum absolute atomic E-state index is 12.7. The van der Waals surface area contributed by atoms with Crippen LogP contribution in [0, 0.1) is 12.8 Å². The van der Waals surface area contributed by atoms with Crippen LogP contribution >= 0.6 is 0 Å². The lowest BCUT2D eigenvalue weighted by Crippen LogP contribution is -2.52. The number of aliphatic hydroxyl groups excluding tert-OH is 1. The van der Waals surface area contributed by atoms with Gasteiger partial charge < -0.3 is 15.7 Å². The van der Waals surface area contributed by atoms with Gasteiger partial charge in [-0.15, -0.1) is 0 Å². The molecule has 0 radical (unpaired) electrons. The molecule has 2 aromatic rings. The van der Waals surface area contributed by atoms with Crippen LogP contribution in [0.2, 0.25) is 0 Å². The molecule has 4 heteroatoms. The molecule has 1 saturated carbocycles. The number of rotatable bonds is 4. The number of carbonyl (C=O) groups excluding carboxylic acids is 1. The maximum atomic E-state index is 12.7. The number of aliphatic hydroxyl groups is 1. The summed E-state index contributed by atoms with van der Waals surface area (Å²) in [5, 5.41) is 15.8. The van der Waals surface area contributed by atoms with Crippen molar-refractivity contribution in [2.45, 2.75) is 51.3 Å². The van der Waals surface area contributed by atoms with Crippen molar-refractivity contribution >= 4 is 5.91 Å². The molecule has 1 aliphatic heterocycles. The summed E-state index contributed by atoms with van der Waals surface area (Å²) < 4.78 is 0. The Labute approximate surface area is 166 Å². The topological polar surface area (TPSA) is 61.4 Å². The van der Waals surface area contributed by atoms with Crippen LogP contribution in [0.25, 0.3) is 0 Å². The first-order chi connectivity index (χ1) is 13.6. The molecule has 28 heavy (non-hydrogen) atoms. The molecular weight excluding hydrogens is 348 g/mol. The maximum Gasteiger partial charge on any atom is 0.252 e. The van der Waals surface area contributed by atoms with Crippen molar-refractivity contribution < 1.29 is 9.90 Å². The van der Waals surface area contributed by atoms with Gasteiger partial charge in [-0.2, -0.15) is 0 Å². The average molecular weight is 377 g/mol. The summed E-state index contributed by atoms with van der Waals surface area (Å²) >= 11 is 0. The minimum Gasteiger partial charge on any atom is -0.356 e. The van der Waals surface area contributed by atoms with Gasteiger partial charge in [0.15, 0.2) is 0 Å². The normalized spacial score (nSPS) is 25.2. The predicted octanol–water partition coefficient (Wildman–Crippen LogP) is 3.76. The fraction of sp³-hybridized carbons (Fsp3) is 0.375. The molecule has 1 heterocycles. The van der Waals surface area contributed by atoms with E-state index in [1.54, 1.807) is 0 Å². The zero-order valence-electron chi connectivity index (χ0n) is 16.3. The molecule has 3 N–H and O–H groups in total. The number of allylic oxidation sites excluding steroid dienone is 1. The van der Waals surface area contributed by atoms with Gasteiger partial charge in [0, 0.05) is 17.7 Å². The van der Waals surface area contributed by atoms with Gasteiger partial charge in [-0.05, 0) is 55.6 Å². The molecule has 2 aliphatic rings. The molecule has 0 spiro atoms. The third kappa shape index (κ3) is 4.12. The van der Waals surface area contributed by atoms with E-state index in [1.807, 2.05) is 6.07 Å².